The molecule has 0 saturated carbocycles. The summed E-state index contributed by atoms with van der Waals surface area (Å²) in [5.41, 5.74) is 4.62. The fourth-order valence-electron chi connectivity index (χ4n) is 5.24. The maximum absolute atomic E-state index is 12.7. The molecule has 314 valence electrons. The van der Waals surface area contributed by atoms with Crippen molar-refractivity contribution < 1.29 is 85.9 Å². The maximum Gasteiger partial charge on any atom is 0.483 e. The highest BCUT2D eigenvalue weighted by Gasteiger charge is 2.47. The van der Waals surface area contributed by atoms with E-state index in [9.17, 15) is 48.9 Å². The van der Waals surface area contributed by atoms with E-state index in [4.69, 9.17) is 43.2 Å². The molecule has 0 spiro atoms. The van der Waals surface area contributed by atoms with Gasteiger partial charge in [0.2, 0.25) is 11.9 Å². The molecule has 0 aromatic carbocycles. The number of anilines is 1. The second-order valence-corrected chi connectivity index (χ2v) is 15.1. The van der Waals surface area contributed by atoms with Crippen molar-refractivity contribution in [2.24, 2.45) is 0 Å². The highest BCUT2D eigenvalue weighted by Crippen LogP contribution is 2.61. The zero-order valence-corrected chi connectivity index (χ0v) is 31.5. The summed E-state index contributed by atoms with van der Waals surface area (Å²) in [6, 6.07) is 0. The third kappa shape index (κ3) is 13.8. The van der Waals surface area contributed by atoms with Crippen LogP contribution in [0.1, 0.15) is 32.4 Å². The van der Waals surface area contributed by atoms with Crippen molar-refractivity contribution in [1.29, 1.82) is 0 Å². The number of carbonyl (C=O) groups excluding carboxylic acids is 1. The van der Waals surface area contributed by atoms with Gasteiger partial charge in [-0.25, -0.2) is 14.1 Å². The van der Waals surface area contributed by atoms with Gasteiger partial charge in [-0.15, -0.1) is 0 Å². The number of aromatic nitrogens is 4. The highest BCUT2D eigenvalue weighted by molar-refractivity contribution is 7.61. The monoisotopic (exact) mass is 834 g/mol. The van der Waals surface area contributed by atoms with Crippen LogP contribution in [0.25, 0.3) is 11.2 Å². The van der Waals surface area contributed by atoms with E-state index in [-0.39, 0.29) is 49.9 Å². The minimum absolute atomic E-state index is 0.0430. The van der Waals surface area contributed by atoms with Gasteiger partial charge in [-0.2, -0.15) is 9.29 Å². The van der Waals surface area contributed by atoms with Crippen molar-refractivity contribution in [3.63, 3.8) is 0 Å². The number of nitrogens with zero attached hydrogens (tertiary/aromatic N) is 3. The first-order chi connectivity index (χ1) is 26.1. The fraction of sp³-hybridized carbons (Fsp3) is 0.786. The molecule has 2 fully saturated rings. The number of hydrogen-bond donors (Lipinski definition) is 9. The molecule has 4 rings (SSSR count). The van der Waals surface area contributed by atoms with Gasteiger partial charge in [0.1, 0.15) is 30.5 Å². The first-order valence-corrected chi connectivity index (χ1v) is 20.1. The molecule has 2 aliphatic rings. The van der Waals surface area contributed by atoms with Crippen LogP contribution in [0.3, 0.4) is 0 Å². The Kier molecular flexibility index (Phi) is 17.5. The average molecular weight is 835 g/mol. The van der Waals surface area contributed by atoms with Gasteiger partial charge in [-0.05, 0) is 6.42 Å². The van der Waals surface area contributed by atoms with Crippen LogP contribution in [0.15, 0.2) is 11.1 Å². The normalized spacial score (nSPS) is 27.9. The highest BCUT2D eigenvalue weighted by atomic mass is 31.3. The van der Waals surface area contributed by atoms with E-state index >= 15 is 0 Å². The largest absolute Gasteiger partial charge is 0.483 e. The molecule has 0 aliphatic carbocycles. The van der Waals surface area contributed by atoms with Crippen LogP contribution in [0.4, 0.5) is 5.95 Å². The summed E-state index contributed by atoms with van der Waals surface area (Å²) in [6.45, 7) is 3.66. The summed E-state index contributed by atoms with van der Waals surface area (Å²) in [6.07, 6.45) is -11.3. The number of nitrogens with one attached hydrogen (secondary N) is 2. The van der Waals surface area contributed by atoms with Crippen LogP contribution in [0, 0.1) is 0 Å². The van der Waals surface area contributed by atoms with Gasteiger partial charge < -0.3 is 69.7 Å². The Bertz CT molecular complexity index is 1670. The predicted molar refractivity (Wildman–Crippen MR) is 183 cm³/mol. The van der Waals surface area contributed by atoms with Crippen LogP contribution in [0.5, 0.6) is 0 Å². The molecule has 2 aromatic heterocycles. The van der Waals surface area contributed by atoms with Crippen molar-refractivity contribution in [1.82, 2.24) is 24.8 Å². The summed E-state index contributed by atoms with van der Waals surface area (Å²) < 4.78 is 72.5. The molecular weight excluding hydrogens is 786 g/mol. The first kappa shape index (κ1) is 45.2. The smallest absolute Gasteiger partial charge is 0.390 e. The lowest BCUT2D eigenvalue weighted by molar-refractivity contribution is -0.224. The number of aromatic amines is 1. The number of fused-ring (bicyclic) bond motifs is 1. The molecular formula is C28H48N6O19P2. The van der Waals surface area contributed by atoms with Crippen molar-refractivity contribution >= 4 is 38.7 Å². The van der Waals surface area contributed by atoms with Crippen molar-refractivity contribution in [3.05, 3.63) is 16.7 Å². The molecule has 55 heavy (non-hydrogen) atoms. The zero-order valence-electron chi connectivity index (χ0n) is 29.7. The number of hydrogen-bond acceptors (Lipinski definition) is 20. The third-order valence-corrected chi connectivity index (χ3v) is 10.5. The third-order valence-electron chi connectivity index (χ3n) is 7.90. The number of phosphoric ester groups is 2. The van der Waals surface area contributed by atoms with Gasteiger partial charge in [0.05, 0.1) is 65.3 Å². The molecule has 4 heterocycles. The molecule has 0 radical (unpaired) electrons. The maximum atomic E-state index is 12.7. The van der Waals surface area contributed by atoms with E-state index in [2.05, 4.69) is 24.6 Å². The van der Waals surface area contributed by atoms with Gasteiger partial charge in [0, 0.05) is 26.0 Å². The Morgan fingerprint density at radius 3 is 2.24 bits per heavy atom. The average Bonchev–Trinajstić information content (AvgIpc) is 3.65. The first-order valence-electron chi connectivity index (χ1n) is 17.1. The van der Waals surface area contributed by atoms with Crippen LogP contribution < -0.4 is 16.6 Å². The molecule has 10 N–H and O–H groups in total. The molecule has 0 bridgehead atoms. The van der Waals surface area contributed by atoms with Gasteiger partial charge in [0.15, 0.2) is 23.7 Å². The SMILES string of the molecule is CCCOCCOCCOCCOCCC(=O)NCC1O[C@H](OP(=O)(O)OP(=O)(O)OC[C@H]2O[C@@H](n3cnc4c(=O)[nH]c(N)nc43)[C@@H](O)C2O)C[C@@H](O)[C@@H]1O. The zero-order chi connectivity index (χ0) is 40.2. The number of ether oxygens (including phenoxy) is 6. The summed E-state index contributed by atoms with van der Waals surface area (Å²) in [5.74, 6) is -0.780. The molecule has 2 aromatic rings. The van der Waals surface area contributed by atoms with E-state index in [1.165, 1.54) is 0 Å². The number of nitrogen functional groups attached to an aromatic ring is 1. The Balaban J connectivity index is 1.16. The molecule has 25 nitrogen and oxygen atoms in total. The van der Waals surface area contributed by atoms with Gasteiger partial charge >= 0.3 is 15.6 Å². The van der Waals surface area contributed by atoms with Crippen molar-refractivity contribution in [3.8, 4) is 0 Å². The number of rotatable bonds is 24. The molecule has 4 unspecified atom stereocenters. The van der Waals surface area contributed by atoms with E-state index in [0.717, 1.165) is 17.3 Å². The van der Waals surface area contributed by atoms with E-state index < -0.39 is 89.3 Å². The van der Waals surface area contributed by atoms with Crippen LogP contribution in [-0.2, 0) is 55.7 Å². The van der Waals surface area contributed by atoms with Crippen LogP contribution >= 0.6 is 15.6 Å². The van der Waals surface area contributed by atoms with Crippen molar-refractivity contribution in [2.45, 2.75) is 75.3 Å². The second kappa shape index (κ2) is 21.3. The Hall–Kier alpha value is -2.52. The lowest BCUT2D eigenvalue weighted by Crippen LogP contribution is -2.53. The quantitative estimate of drug-likeness (QED) is 0.0386. The minimum atomic E-state index is -5.51. The number of aliphatic hydroxyl groups is 4. The topological polar surface area (TPSA) is 357 Å². The standard InChI is InChI=1S/C28H48N6O19P2/c1-2-4-45-6-8-47-10-11-48-9-7-46-5-3-19(36)30-13-17-22(37)16(35)12-20(50-17)52-55(43,44)53-54(41,42)49-14-18-23(38)24(39)27(51-18)34-15-31-21-25(34)32-28(29)33-26(21)40/h15-18,20,22-24,27,35,37-39H,2-14H2,1H3,(H,30,36)(H,41,42)(H,43,44)(H3,29,32,33,40)/t16-,17?,18-,20-,22+,23?,24+,27-/m1/s1. The molecule has 10 atom stereocenters. The number of amides is 1. The number of H-pyrrole nitrogens is 1. The van der Waals surface area contributed by atoms with E-state index in [1.807, 2.05) is 6.92 Å². The predicted octanol–water partition coefficient (Wildman–Crippen LogP) is -2.61. The Morgan fingerprint density at radius 2 is 1.58 bits per heavy atom. The number of nitrogens with two attached hydrogens (primary N) is 1. The summed E-state index contributed by atoms with van der Waals surface area (Å²) in [7, 11) is -11.0. The van der Waals surface area contributed by atoms with Crippen LogP contribution in [0.2, 0.25) is 0 Å². The summed E-state index contributed by atoms with van der Waals surface area (Å²) in [4.78, 5) is 54.8. The Labute approximate surface area is 313 Å². The molecule has 1 amide bonds. The number of imidazole rings is 1. The van der Waals surface area contributed by atoms with Gasteiger partial charge in [-0.3, -0.25) is 28.2 Å². The van der Waals surface area contributed by atoms with Gasteiger partial charge in [-0.1, -0.05) is 6.92 Å². The molecule has 2 saturated heterocycles. The lowest BCUT2D eigenvalue weighted by atomic mass is 10.0. The van der Waals surface area contributed by atoms with Crippen molar-refractivity contribution in [2.75, 3.05) is 71.7 Å². The number of aliphatic hydroxyl groups excluding tert-OH is 4. The second-order valence-electron chi connectivity index (χ2n) is 12.1. The summed E-state index contributed by atoms with van der Waals surface area (Å²) >= 11 is 0. The summed E-state index contributed by atoms with van der Waals surface area (Å²) in [5, 5.41) is 44.1. The number of carbonyl (C=O) groups is 1. The van der Waals surface area contributed by atoms with E-state index in [1.54, 1.807) is 0 Å². The minimum Gasteiger partial charge on any atom is -0.390 e. The molecule has 2 aliphatic heterocycles. The fourth-order valence-corrected chi connectivity index (χ4v) is 7.40. The van der Waals surface area contributed by atoms with Crippen LogP contribution in [-0.4, -0.2) is 165 Å². The molecule has 27 heteroatoms. The lowest BCUT2D eigenvalue weighted by Gasteiger charge is -2.37. The Morgan fingerprint density at radius 1 is 0.945 bits per heavy atom. The number of phosphoric acid groups is 2. The van der Waals surface area contributed by atoms with E-state index in [0.29, 0.717) is 33.0 Å². The van der Waals surface area contributed by atoms with Gasteiger partial charge in [0.25, 0.3) is 5.56 Å².